The summed E-state index contributed by atoms with van der Waals surface area (Å²) in [5.41, 5.74) is 5.10. The van der Waals surface area contributed by atoms with E-state index in [1.807, 2.05) is 0 Å². The maximum absolute atomic E-state index is 12.7. The van der Waals surface area contributed by atoms with Crippen LogP contribution in [0.3, 0.4) is 0 Å². The van der Waals surface area contributed by atoms with E-state index in [-0.39, 0.29) is 17.9 Å². The highest BCUT2D eigenvalue weighted by Gasteiger charge is 2.37. The highest BCUT2D eigenvalue weighted by atomic mass is 16.6. The molecule has 1 aromatic carbocycles. The van der Waals surface area contributed by atoms with Crippen LogP contribution >= 0.6 is 0 Å². The average molecular weight is 383 g/mol. The zero-order valence-electron chi connectivity index (χ0n) is 17.3. The summed E-state index contributed by atoms with van der Waals surface area (Å²) in [6.45, 7) is 8.42. The normalized spacial score (nSPS) is 24.0. The van der Waals surface area contributed by atoms with Gasteiger partial charge in [0.2, 0.25) is 0 Å². The van der Waals surface area contributed by atoms with Gasteiger partial charge in [-0.1, -0.05) is 18.2 Å². The smallest absolute Gasteiger partial charge is 0.314 e. The van der Waals surface area contributed by atoms with Crippen LogP contribution in [0.2, 0.25) is 0 Å². The van der Waals surface area contributed by atoms with Crippen LogP contribution in [0.4, 0.5) is 0 Å². The first-order valence-corrected chi connectivity index (χ1v) is 10.2. The van der Waals surface area contributed by atoms with E-state index in [1.165, 1.54) is 27.6 Å². The molecule has 2 heterocycles. The SMILES string of the molecule is CC(C)n1cc2c3c(cccc31)C1=C[C@@H](C(=O)O[C@@H](C)[C@H](C)O)CN(C)[C@@H]1C2. The molecule has 0 spiro atoms. The lowest BCUT2D eigenvalue weighted by Gasteiger charge is -2.39. The van der Waals surface area contributed by atoms with Gasteiger partial charge in [-0.05, 0) is 63.9 Å². The van der Waals surface area contributed by atoms with Gasteiger partial charge in [0.25, 0.3) is 0 Å². The summed E-state index contributed by atoms with van der Waals surface area (Å²) in [6, 6.07) is 7.16. The second-order valence-corrected chi connectivity index (χ2v) is 8.63. The number of rotatable bonds is 4. The third-order valence-electron chi connectivity index (χ3n) is 6.26. The fraction of sp³-hybridized carbons (Fsp3) is 0.522. The summed E-state index contributed by atoms with van der Waals surface area (Å²) in [6.07, 6.45) is 4.18. The number of nitrogens with zero attached hydrogens (tertiary/aromatic N) is 2. The molecule has 0 radical (unpaired) electrons. The Bertz CT molecular complexity index is 941. The van der Waals surface area contributed by atoms with Gasteiger partial charge in [0, 0.05) is 35.7 Å². The van der Waals surface area contributed by atoms with Crippen LogP contribution in [0.5, 0.6) is 0 Å². The number of benzene rings is 1. The fourth-order valence-corrected chi connectivity index (χ4v) is 4.53. The van der Waals surface area contributed by atoms with E-state index in [0.717, 1.165) is 6.42 Å². The molecule has 0 amide bonds. The molecule has 2 aromatic rings. The quantitative estimate of drug-likeness (QED) is 0.824. The summed E-state index contributed by atoms with van der Waals surface area (Å²) < 4.78 is 7.84. The molecule has 5 nitrogen and oxygen atoms in total. The number of hydrogen-bond donors (Lipinski definition) is 1. The van der Waals surface area contributed by atoms with Crippen LogP contribution in [0.15, 0.2) is 30.5 Å². The number of esters is 1. The molecule has 150 valence electrons. The molecule has 2 aliphatic rings. The third-order valence-corrected chi connectivity index (χ3v) is 6.26. The lowest BCUT2D eigenvalue weighted by atomic mass is 9.80. The van der Waals surface area contributed by atoms with Gasteiger partial charge in [-0.3, -0.25) is 9.69 Å². The van der Waals surface area contributed by atoms with Crippen molar-refractivity contribution in [1.82, 2.24) is 9.47 Å². The molecule has 1 aromatic heterocycles. The lowest BCUT2D eigenvalue weighted by molar-refractivity contribution is -0.157. The van der Waals surface area contributed by atoms with Crippen molar-refractivity contribution < 1.29 is 14.6 Å². The first-order valence-electron chi connectivity index (χ1n) is 10.2. The Morgan fingerprint density at radius 2 is 2.00 bits per heavy atom. The summed E-state index contributed by atoms with van der Waals surface area (Å²) >= 11 is 0. The van der Waals surface area contributed by atoms with Crippen LogP contribution in [-0.2, 0) is 16.0 Å². The average Bonchev–Trinajstić information content (AvgIpc) is 3.02. The number of aliphatic hydroxyl groups is 1. The van der Waals surface area contributed by atoms with Crippen molar-refractivity contribution in [2.45, 2.75) is 58.4 Å². The van der Waals surface area contributed by atoms with Gasteiger partial charge in [-0.15, -0.1) is 0 Å². The molecule has 0 fully saturated rings. The Balaban J connectivity index is 1.76. The lowest BCUT2D eigenvalue weighted by Crippen LogP contribution is -2.45. The summed E-state index contributed by atoms with van der Waals surface area (Å²) in [7, 11) is 2.08. The molecule has 28 heavy (non-hydrogen) atoms. The molecule has 4 atom stereocenters. The highest BCUT2D eigenvalue weighted by Crippen LogP contribution is 2.42. The topological polar surface area (TPSA) is 54.7 Å². The zero-order valence-corrected chi connectivity index (χ0v) is 17.3. The van der Waals surface area contributed by atoms with Crippen molar-refractivity contribution in [2.75, 3.05) is 13.6 Å². The molecular formula is C23H30N2O3. The second-order valence-electron chi connectivity index (χ2n) is 8.63. The highest BCUT2D eigenvalue weighted by molar-refractivity contribution is 5.99. The van der Waals surface area contributed by atoms with Gasteiger partial charge in [0.1, 0.15) is 6.10 Å². The Kier molecular flexibility index (Phi) is 4.84. The molecular weight excluding hydrogens is 352 g/mol. The molecule has 5 heteroatoms. The van der Waals surface area contributed by atoms with Crippen LogP contribution < -0.4 is 0 Å². The van der Waals surface area contributed by atoms with Gasteiger partial charge in [0.05, 0.1) is 12.0 Å². The number of fused-ring (bicyclic) bond motifs is 2. The number of likely N-dealkylation sites (N-methyl/N-ethyl adjacent to an activating group) is 1. The van der Waals surface area contributed by atoms with Crippen LogP contribution in [0.25, 0.3) is 16.5 Å². The molecule has 0 saturated carbocycles. The molecule has 4 rings (SSSR count). The van der Waals surface area contributed by atoms with Gasteiger partial charge >= 0.3 is 5.97 Å². The summed E-state index contributed by atoms with van der Waals surface area (Å²) in [5.74, 6) is -0.578. The minimum Gasteiger partial charge on any atom is -0.459 e. The van der Waals surface area contributed by atoms with Crippen LogP contribution in [0.1, 0.15) is 44.9 Å². The number of carbonyl (C=O) groups excluding carboxylic acids is 1. The maximum atomic E-state index is 12.7. The van der Waals surface area contributed by atoms with E-state index in [9.17, 15) is 9.90 Å². The van der Waals surface area contributed by atoms with Crippen molar-refractivity contribution in [1.29, 1.82) is 0 Å². The van der Waals surface area contributed by atoms with Gasteiger partial charge in [-0.2, -0.15) is 0 Å². The number of aliphatic hydroxyl groups excluding tert-OH is 1. The Labute approximate surface area is 166 Å². The molecule has 1 aliphatic heterocycles. The van der Waals surface area contributed by atoms with E-state index >= 15 is 0 Å². The Morgan fingerprint density at radius 1 is 1.25 bits per heavy atom. The van der Waals surface area contributed by atoms with Crippen LogP contribution in [-0.4, -0.2) is 52.4 Å². The van der Waals surface area contributed by atoms with Crippen molar-refractivity contribution >= 4 is 22.4 Å². The summed E-state index contributed by atoms with van der Waals surface area (Å²) in [5, 5.41) is 11.0. The first kappa shape index (κ1) is 19.2. The van der Waals surface area contributed by atoms with Crippen molar-refractivity contribution in [3.63, 3.8) is 0 Å². The molecule has 0 bridgehead atoms. The molecule has 1 N–H and O–H groups in total. The fourth-order valence-electron chi connectivity index (χ4n) is 4.53. The van der Waals surface area contributed by atoms with Gasteiger partial charge < -0.3 is 14.4 Å². The Hall–Kier alpha value is -2.11. The van der Waals surface area contributed by atoms with E-state index in [4.69, 9.17) is 4.74 Å². The maximum Gasteiger partial charge on any atom is 0.314 e. The zero-order chi connectivity index (χ0) is 20.2. The molecule has 0 saturated heterocycles. The monoisotopic (exact) mass is 382 g/mol. The van der Waals surface area contributed by atoms with E-state index in [1.54, 1.807) is 13.8 Å². The number of hydrogen-bond acceptors (Lipinski definition) is 4. The predicted molar refractivity (Wildman–Crippen MR) is 111 cm³/mol. The Morgan fingerprint density at radius 3 is 2.68 bits per heavy atom. The minimum absolute atomic E-state index is 0.260. The number of aromatic nitrogens is 1. The van der Waals surface area contributed by atoms with E-state index in [2.05, 4.69) is 60.8 Å². The summed E-state index contributed by atoms with van der Waals surface area (Å²) in [4.78, 5) is 15.0. The van der Waals surface area contributed by atoms with Crippen molar-refractivity contribution in [2.24, 2.45) is 5.92 Å². The molecule has 1 aliphatic carbocycles. The predicted octanol–water partition coefficient (Wildman–Crippen LogP) is 3.40. The van der Waals surface area contributed by atoms with Gasteiger partial charge in [0.15, 0.2) is 0 Å². The van der Waals surface area contributed by atoms with Crippen molar-refractivity contribution in [3.05, 3.63) is 41.6 Å². The first-order chi connectivity index (χ1) is 13.3. The van der Waals surface area contributed by atoms with E-state index in [0.29, 0.717) is 12.6 Å². The number of ether oxygens (including phenoxy) is 1. The van der Waals surface area contributed by atoms with E-state index < -0.39 is 12.2 Å². The second kappa shape index (κ2) is 7.05. The minimum atomic E-state index is -0.674. The van der Waals surface area contributed by atoms with Gasteiger partial charge in [-0.25, -0.2) is 0 Å². The number of carbonyl (C=O) groups is 1. The largest absolute Gasteiger partial charge is 0.459 e. The van der Waals surface area contributed by atoms with Crippen LogP contribution in [0, 0.1) is 5.92 Å². The molecule has 0 unspecified atom stereocenters. The van der Waals surface area contributed by atoms with Crippen molar-refractivity contribution in [3.8, 4) is 0 Å². The standard InChI is InChI=1S/C23H30N2O3/c1-13(2)25-12-16-10-21-19(18-7-6-8-20(25)22(16)18)9-17(11-24(21)5)23(27)28-15(4)14(3)26/h6-9,12-15,17,21,26H,10-11H2,1-5H3/t14-,15-,17+,21+/m0/s1. The third kappa shape index (κ3) is 3.07.